The number of nitrogens with one attached hydrogen (secondary N) is 1. The van der Waals surface area contributed by atoms with E-state index in [4.69, 9.17) is 4.74 Å². The number of ether oxygens (including phenoxy) is 1. The van der Waals surface area contributed by atoms with Gasteiger partial charge in [-0.1, -0.05) is 25.1 Å². The average molecular weight is 276 g/mol. The maximum Gasteiger partial charge on any atom is 0.122 e. The molecule has 2 rings (SSSR count). The van der Waals surface area contributed by atoms with Crippen LogP contribution in [0.4, 0.5) is 0 Å². The lowest BCUT2D eigenvalue weighted by Gasteiger charge is -2.18. The summed E-state index contributed by atoms with van der Waals surface area (Å²) in [4.78, 5) is 4.37. The SMILES string of the molecule is CCNC(Cc1nccs1)Cc1ccccc1OC. The van der Waals surface area contributed by atoms with Gasteiger partial charge in [-0.25, -0.2) is 4.98 Å². The zero-order chi connectivity index (χ0) is 13.5. The second kappa shape index (κ2) is 7.26. The van der Waals surface area contributed by atoms with Gasteiger partial charge < -0.3 is 10.1 Å². The highest BCUT2D eigenvalue weighted by molar-refractivity contribution is 7.09. The van der Waals surface area contributed by atoms with Crippen molar-refractivity contribution in [2.24, 2.45) is 0 Å². The Labute approximate surface area is 118 Å². The minimum atomic E-state index is 0.396. The van der Waals surface area contributed by atoms with Gasteiger partial charge in [0.2, 0.25) is 0 Å². The molecule has 0 radical (unpaired) electrons. The highest BCUT2D eigenvalue weighted by atomic mass is 32.1. The number of likely N-dealkylation sites (N-methyl/N-ethyl adjacent to an activating group) is 1. The Bertz CT molecular complexity index is 485. The van der Waals surface area contributed by atoms with E-state index in [9.17, 15) is 0 Å². The lowest BCUT2D eigenvalue weighted by atomic mass is 10.0. The van der Waals surface area contributed by atoms with Crippen LogP contribution in [0.15, 0.2) is 35.8 Å². The number of aromatic nitrogens is 1. The molecule has 0 aliphatic heterocycles. The van der Waals surface area contributed by atoms with E-state index in [1.807, 2.05) is 23.7 Å². The Balaban J connectivity index is 2.07. The van der Waals surface area contributed by atoms with Crippen molar-refractivity contribution in [1.29, 1.82) is 0 Å². The molecule has 0 aliphatic rings. The van der Waals surface area contributed by atoms with Gasteiger partial charge in [0.25, 0.3) is 0 Å². The molecule has 0 saturated heterocycles. The number of methoxy groups -OCH3 is 1. The standard InChI is InChI=1S/C15H20N2OS/c1-3-16-13(11-15-17-8-9-19-15)10-12-6-4-5-7-14(12)18-2/h4-9,13,16H,3,10-11H2,1-2H3. The fraction of sp³-hybridized carbons (Fsp3) is 0.400. The lowest BCUT2D eigenvalue weighted by Crippen LogP contribution is -2.33. The van der Waals surface area contributed by atoms with Gasteiger partial charge in [-0.3, -0.25) is 0 Å². The summed E-state index contributed by atoms with van der Waals surface area (Å²) in [7, 11) is 1.72. The van der Waals surface area contributed by atoms with Crippen LogP contribution in [0, 0.1) is 0 Å². The molecule has 19 heavy (non-hydrogen) atoms. The van der Waals surface area contributed by atoms with Gasteiger partial charge in [0, 0.05) is 24.0 Å². The van der Waals surface area contributed by atoms with Crippen LogP contribution in [-0.2, 0) is 12.8 Å². The lowest BCUT2D eigenvalue weighted by molar-refractivity contribution is 0.404. The van der Waals surface area contributed by atoms with Gasteiger partial charge in [0.1, 0.15) is 5.75 Å². The number of benzene rings is 1. The molecule has 1 atom stereocenters. The molecular weight excluding hydrogens is 256 g/mol. The summed E-state index contributed by atoms with van der Waals surface area (Å²) in [5.74, 6) is 0.963. The van der Waals surface area contributed by atoms with Gasteiger partial charge in [-0.15, -0.1) is 11.3 Å². The minimum Gasteiger partial charge on any atom is -0.496 e. The van der Waals surface area contributed by atoms with Crippen LogP contribution in [0.3, 0.4) is 0 Å². The second-order valence-corrected chi connectivity index (χ2v) is 5.38. The number of para-hydroxylation sites is 1. The van der Waals surface area contributed by atoms with E-state index in [1.165, 1.54) is 10.6 Å². The van der Waals surface area contributed by atoms with Gasteiger partial charge in [0.05, 0.1) is 12.1 Å². The van der Waals surface area contributed by atoms with Crippen molar-refractivity contribution in [2.75, 3.05) is 13.7 Å². The summed E-state index contributed by atoms with van der Waals surface area (Å²) >= 11 is 1.72. The maximum absolute atomic E-state index is 5.42. The maximum atomic E-state index is 5.42. The first-order valence-corrected chi connectivity index (χ1v) is 7.45. The first kappa shape index (κ1) is 14.0. The first-order chi connectivity index (χ1) is 9.33. The van der Waals surface area contributed by atoms with Crippen LogP contribution in [0.25, 0.3) is 0 Å². The summed E-state index contributed by atoms with van der Waals surface area (Å²) in [6, 6.07) is 8.61. The Morgan fingerprint density at radius 2 is 2.16 bits per heavy atom. The molecule has 1 heterocycles. The largest absolute Gasteiger partial charge is 0.496 e. The fourth-order valence-corrected chi connectivity index (χ4v) is 2.90. The van der Waals surface area contributed by atoms with Crippen molar-refractivity contribution < 1.29 is 4.74 Å². The zero-order valence-corrected chi connectivity index (χ0v) is 12.2. The molecular formula is C15H20N2OS. The molecule has 0 bridgehead atoms. The summed E-state index contributed by atoms with van der Waals surface area (Å²) in [6.45, 7) is 3.10. The highest BCUT2D eigenvalue weighted by Gasteiger charge is 2.13. The van der Waals surface area contributed by atoms with Gasteiger partial charge in [-0.05, 0) is 24.6 Å². The van der Waals surface area contributed by atoms with Crippen LogP contribution < -0.4 is 10.1 Å². The smallest absolute Gasteiger partial charge is 0.122 e. The quantitative estimate of drug-likeness (QED) is 0.844. The van der Waals surface area contributed by atoms with E-state index >= 15 is 0 Å². The van der Waals surface area contributed by atoms with E-state index in [-0.39, 0.29) is 0 Å². The minimum absolute atomic E-state index is 0.396. The molecule has 2 aromatic rings. The Hall–Kier alpha value is -1.39. The molecule has 3 nitrogen and oxygen atoms in total. The summed E-state index contributed by atoms with van der Waals surface area (Å²) < 4.78 is 5.42. The van der Waals surface area contributed by atoms with Crippen molar-refractivity contribution in [3.8, 4) is 5.75 Å². The van der Waals surface area contributed by atoms with E-state index in [2.05, 4.69) is 29.4 Å². The van der Waals surface area contributed by atoms with Crippen LogP contribution in [-0.4, -0.2) is 24.7 Å². The predicted octanol–water partition coefficient (Wildman–Crippen LogP) is 2.92. The average Bonchev–Trinajstić information content (AvgIpc) is 2.92. The fourth-order valence-electron chi connectivity index (χ4n) is 2.21. The third-order valence-electron chi connectivity index (χ3n) is 3.06. The van der Waals surface area contributed by atoms with Crippen LogP contribution >= 0.6 is 11.3 Å². The second-order valence-electron chi connectivity index (χ2n) is 4.40. The number of thiazole rings is 1. The Kier molecular flexibility index (Phi) is 5.36. The monoisotopic (exact) mass is 276 g/mol. The molecule has 1 aromatic heterocycles. The summed E-state index contributed by atoms with van der Waals surface area (Å²) in [6.07, 6.45) is 3.78. The van der Waals surface area contributed by atoms with Crippen molar-refractivity contribution >= 4 is 11.3 Å². The molecule has 102 valence electrons. The first-order valence-electron chi connectivity index (χ1n) is 6.57. The van der Waals surface area contributed by atoms with Crippen LogP contribution in [0.2, 0.25) is 0 Å². The number of nitrogens with zero attached hydrogens (tertiary/aromatic N) is 1. The Morgan fingerprint density at radius 1 is 1.32 bits per heavy atom. The molecule has 0 fully saturated rings. The molecule has 4 heteroatoms. The van der Waals surface area contributed by atoms with E-state index < -0.39 is 0 Å². The van der Waals surface area contributed by atoms with Gasteiger partial charge in [0.15, 0.2) is 0 Å². The zero-order valence-electron chi connectivity index (χ0n) is 11.4. The molecule has 0 aliphatic carbocycles. The third-order valence-corrected chi connectivity index (χ3v) is 3.86. The summed E-state index contributed by atoms with van der Waals surface area (Å²) in [5, 5.41) is 6.74. The molecule has 1 N–H and O–H groups in total. The number of hydrogen-bond acceptors (Lipinski definition) is 4. The van der Waals surface area contributed by atoms with Crippen LogP contribution in [0.5, 0.6) is 5.75 Å². The number of hydrogen-bond donors (Lipinski definition) is 1. The summed E-state index contributed by atoms with van der Waals surface area (Å²) in [5.41, 5.74) is 1.24. The highest BCUT2D eigenvalue weighted by Crippen LogP contribution is 2.20. The van der Waals surface area contributed by atoms with Crippen molar-refractivity contribution in [2.45, 2.75) is 25.8 Å². The molecule has 0 saturated carbocycles. The topological polar surface area (TPSA) is 34.2 Å². The molecule has 1 unspecified atom stereocenters. The normalized spacial score (nSPS) is 12.3. The van der Waals surface area contributed by atoms with Gasteiger partial charge >= 0.3 is 0 Å². The van der Waals surface area contributed by atoms with E-state index in [1.54, 1.807) is 18.4 Å². The third kappa shape index (κ3) is 4.04. The van der Waals surface area contributed by atoms with E-state index in [0.717, 1.165) is 25.1 Å². The van der Waals surface area contributed by atoms with Gasteiger partial charge in [-0.2, -0.15) is 0 Å². The molecule has 0 spiro atoms. The predicted molar refractivity (Wildman–Crippen MR) is 80.0 cm³/mol. The Morgan fingerprint density at radius 3 is 2.84 bits per heavy atom. The number of rotatable bonds is 7. The van der Waals surface area contributed by atoms with Crippen molar-refractivity contribution in [3.05, 3.63) is 46.4 Å². The van der Waals surface area contributed by atoms with E-state index in [0.29, 0.717) is 6.04 Å². The molecule has 0 amide bonds. The molecule has 1 aromatic carbocycles. The van der Waals surface area contributed by atoms with Crippen molar-refractivity contribution in [3.63, 3.8) is 0 Å². The van der Waals surface area contributed by atoms with Crippen LogP contribution in [0.1, 0.15) is 17.5 Å². The van der Waals surface area contributed by atoms with Crippen molar-refractivity contribution in [1.82, 2.24) is 10.3 Å².